The fourth-order valence-corrected chi connectivity index (χ4v) is 3.22. The van der Waals surface area contributed by atoms with Crippen LogP contribution in [-0.4, -0.2) is 36.7 Å². The molecule has 0 saturated carbocycles. The highest BCUT2D eigenvalue weighted by Crippen LogP contribution is 2.30. The molecular formula is C16H25BrN2O. The molecule has 0 spiro atoms. The van der Waals surface area contributed by atoms with E-state index in [9.17, 15) is 0 Å². The lowest BCUT2D eigenvalue weighted by atomic mass is 9.94. The summed E-state index contributed by atoms with van der Waals surface area (Å²) in [6.07, 6.45) is 2.08. The zero-order chi connectivity index (χ0) is 14.5. The van der Waals surface area contributed by atoms with Crippen LogP contribution >= 0.6 is 15.9 Å². The topological polar surface area (TPSA) is 38.5 Å². The molecule has 1 saturated heterocycles. The molecule has 2 N–H and O–H groups in total. The Labute approximate surface area is 130 Å². The Kier molecular flexibility index (Phi) is 6.02. The minimum Gasteiger partial charge on any atom is -0.378 e. The fourth-order valence-electron chi connectivity index (χ4n) is 2.95. The summed E-state index contributed by atoms with van der Waals surface area (Å²) >= 11 is 3.51. The summed E-state index contributed by atoms with van der Waals surface area (Å²) < 4.78 is 6.74. The van der Waals surface area contributed by atoms with Crippen molar-refractivity contribution in [1.82, 2.24) is 4.90 Å². The molecule has 112 valence electrons. The second-order valence-corrected chi connectivity index (χ2v) is 6.36. The molecule has 1 fully saturated rings. The van der Waals surface area contributed by atoms with Gasteiger partial charge in [-0.25, -0.2) is 0 Å². The molecule has 0 amide bonds. The molecule has 3 nitrogen and oxygen atoms in total. The van der Waals surface area contributed by atoms with Gasteiger partial charge >= 0.3 is 0 Å². The van der Waals surface area contributed by atoms with Crippen molar-refractivity contribution in [3.63, 3.8) is 0 Å². The van der Waals surface area contributed by atoms with Crippen molar-refractivity contribution in [2.75, 3.05) is 19.8 Å². The summed E-state index contributed by atoms with van der Waals surface area (Å²) in [6, 6.07) is 9.48. The van der Waals surface area contributed by atoms with E-state index in [4.69, 9.17) is 10.5 Å². The van der Waals surface area contributed by atoms with Gasteiger partial charge < -0.3 is 10.5 Å². The van der Waals surface area contributed by atoms with Gasteiger partial charge in [0.05, 0.1) is 19.3 Å². The van der Waals surface area contributed by atoms with Gasteiger partial charge in [0.25, 0.3) is 0 Å². The third kappa shape index (κ3) is 3.61. The van der Waals surface area contributed by atoms with Gasteiger partial charge in [-0.3, -0.25) is 4.90 Å². The van der Waals surface area contributed by atoms with E-state index in [0.717, 1.165) is 37.1 Å². The van der Waals surface area contributed by atoms with Crippen molar-refractivity contribution in [1.29, 1.82) is 0 Å². The number of benzene rings is 1. The number of ether oxygens (including phenoxy) is 1. The standard InChI is InChI=1S/C16H25BrN2O/c1-3-14-11-20-10-9-19(14)16(15(18)4-2)12-5-7-13(17)8-6-12/h5-8,14-16H,3-4,9-11,18H2,1-2H3. The maximum Gasteiger partial charge on any atom is 0.0622 e. The molecule has 4 heteroatoms. The highest BCUT2D eigenvalue weighted by Gasteiger charge is 2.32. The van der Waals surface area contributed by atoms with Gasteiger partial charge in [-0.05, 0) is 30.5 Å². The summed E-state index contributed by atoms with van der Waals surface area (Å²) in [6.45, 7) is 6.98. The van der Waals surface area contributed by atoms with Crippen LogP contribution in [0.15, 0.2) is 28.7 Å². The number of hydrogen-bond acceptors (Lipinski definition) is 3. The van der Waals surface area contributed by atoms with Crippen LogP contribution in [0.1, 0.15) is 38.3 Å². The van der Waals surface area contributed by atoms with Crippen LogP contribution in [0.3, 0.4) is 0 Å². The van der Waals surface area contributed by atoms with Crippen LogP contribution in [0, 0.1) is 0 Å². The number of halogens is 1. The quantitative estimate of drug-likeness (QED) is 0.893. The van der Waals surface area contributed by atoms with Crippen LogP contribution < -0.4 is 5.73 Å². The van der Waals surface area contributed by atoms with Crippen LogP contribution in [0.5, 0.6) is 0 Å². The van der Waals surface area contributed by atoms with Gasteiger partial charge in [-0.2, -0.15) is 0 Å². The molecule has 2 rings (SSSR count). The highest BCUT2D eigenvalue weighted by atomic mass is 79.9. The molecule has 0 aromatic heterocycles. The molecule has 0 radical (unpaired) electrons. The number of nitrogens with zero attached hydrogens (tertiary/aromatic N) is 1. The predicted octanol–water partition coefficient (Wildman–Crippen LogP) is 3.34. The lowest BCUT2D eigenvalue weighted by Gasteiger charge is -2.43. The highest BCUT2D eigenvalue weighted by molar-refractivity contribution is 9.10. The zero-order valence-electron chi connectivity index (χ0n) is 12.4. The summed E-state index contributed by atoms with van der Waals surface area (Å²) in [5, 5.41) is 0. The van der Waals surface area contributed by atoms with Gasteiger partial charge in [0.15, 0.2) is 0 Å². The molecule has 1 aromatic carbocycles. The average Bonchev–Trinajstić information content (AvgIpc) is 2.49. The van der Waals surface area contributed by atoms with E-state index < -0.39 is 0 Å². The number of rotatable bonds is 5. The van der Waals surface area contributed by atoms with Crippen LogP contribution in [0.4, 0.5) is 0 Å². The van der Waals surface area contributed by atoms with Gasteiger partial charge in [0, 0.05) is 23.1 Å². The van der Waals surface area contributed by atoms with Crippen molar-refractivity contribution in [3.05, 3.63) is 34.3 Å². The van der Waals surface area contributed by atoms with Crippen molar-refractivity contribution in [2.24, 2.45) is 5.73 Å². The first-order valence-electron chi connectivity index (χ1n) is 7.51. The van der Waals surface area contributed by atoms with E-state index in [-0.39, 0.29) is 12.1 Å². The second-order valence-electron chi connectivity index (χ2n) is 5.44. The Morgan fingerprint density at radius 3 is 2.65 bits per heavy atom. The minimum atomic E-state index is 0.156. The first-order valence-corrected chi connectivity index (χ1v) is 8.31. The van der Waals surface area contributed by atoms with Crippen molar-refractivity contribution >= 4 is 15.9 Å². The maximum atomic E-state index is 6.44. The Bertz CT molecular complexity index is 409. The van der Waals surface area contributed by atoms with E-state index in [0.29, 0.717) is 6.04 Å². The Morgan fingerprint density at radius 1 is 1.35 bits per heavy atom. The Balaban J connectivity index is 2.28. The Hall–Kier alpha value is -0.420. The number of hydrogen-bond donors (Lipinski definition) is 1. The Morgan fingerprint density at radius 2 is 2.05 bits per heavy atom. The molecular weight excluding hydrogens is 316 g/mol. The molecule has 3 unspecified atom stereocenters. The zero-order valence-corrected chi connectivity index (χ0v) is 14.0. The van der Waals surface area contributed by atoms with E-state index in [2.05, 4.69) is 58.9 Å². The van der Waals surface area contributed by atoms with Crippen LogP contribution in [0.25, 0.3) is 0 Å². The number of morpholine rings is 1. The van der Waals surface area contributed by atoms with Gasteiger partial charge in [0.2, 0.25) is 0 Å². The SMILES string of the molecule is CCC(N)C(c1ccc(Br)cc1)N1CCOCC1CC. The van der Waals surface area contributed by atoms with Crippen LogP contribution in [0.2, 0.25) is 0 Å². The maximum absolute atomic E-state index is 6.44. The molecule has 1 aliphatic heterocycles. The molecule has 3 atom stereocenters. The normalized spacial score (nSPS) is 23.5. The van der Waals surface area contributed by atoms with E-state index in [1.807, 2.05) is 0 Å². The lowest BCUT2D eigenvalue weighted by Crippen LogP contribution is -2.51. The average molecular weight is 341 g/mol. The molecule has 1 heterocycles. The first-order chi connectivity index (χ1) is 9.67. The minimum absolute atomic E-state index is 0.156. The lowest BCUT2D eigenvalue weighted by molar-refractivity contribution is -0.0362. The van der Waals surface area contributed by atoms with Gasteiger partial charge in [-0.1, -0.05) is 41.9 Å². The summed E-state index contributed by atoms with van der Waals surface area (Å²) in [5.41, 5.74) is 7.75. The van der Waals surface area contributed by atoms with E-state index in [1.54, 1.807) is 0 Å². The predicted molar refractivity (Wildman–Crippen MR) is 86.8 cm³/mol. The summed E-state index contributed by atoms with van der Waals surface area (Å²) in [4.78, 5) is 2.54. The van der Waals surface area contributed by atoms with Crippen molar-refractivity contribution < 1.29 is 4.74 Å². The summed E-state index contributed by atoms with van der Waals surface area (Å²) in [7, 11) is 0. The third-order valence-corrected chi connectivity index (χ3v) is 4.72. The smallest absolute Gasteiger partial charge is 0.0622 e. The van der Waals surface area contributed by atoms with Gasteiger partial charge in [0.1, 0.15) is 0 Å². The third-order valence-electron chi connectivity index (χ3n) is 4.19. The largest absolute Gasteiger partial charge is 0.378 e. The first kappa shape index (κ1) is 16.0. The molecule has 0 aliphatic carbocycles. The number of nitrogens with two attached hydrogens (primary N) is 1. The second kappa shape index (κ2) is 7.55. The monoisotopic (exact) mass is 340 g/mol. The molecule has 1 aromatic rings. The van der Waals surface area contributed by atoms with E-state index in [1.165, 1.54) is 5.56 Å². The summed E-state index contributed by atoms with van der Waals surface area (Å²) in [5.74, 6) is 0. The molecule has 1 aliphatic rings. The van der Waals surface area contributed by atoms with Crippen molar-refractivity contribution in [2.45, 2.75) is 44.8 Å². The van der Waals surface area contributed by atoms with E-state index >= 15 is 0 Å². The fraction of sp³-hybridized carbons (Fsp3) is 0.625. The van der Waals surface area contributed by atoms with Crippen LogP contribution in [-0.2, 0) is 4.74 Å². The van der Waals surface area contributed by atoms with Gasteiger partial charge in [-0.15, -0.1) is 0 Å². The van der Waals surface area contributed by atoms with Crippen molar-refractivity contribution in [3.8, 4) is 0 Å². The molecule has 20 heavy (non-hydrogen) atoms. The molecule has 0 bridgehead atoms.